The van der Waals surface area contributed by atoms with Crippen LogP contribution in [0.15, 0.2) is 18.3 Å². The van der Waals surface area contributed by atoms with Crippen molar-refractivity contribution in [3.05, 3.63) is 29.7 Å². The highest BCUT2D eigenvalue weighted by Crippen LogP contribution is 2.37. The maximum atomic E-state index is 8.84. The maximum absolute atomic E-state index is 8.84. The Morgan fingerprint density at radius 2 is 2.35 bits per heavy atom. The molecule has 17 heavy (non-hydrogen) atoms. The van der Waals surface area contributed by atoms with E-state index in [1.54, 1.807) is 6.07 Å². The zero-order valence-electron chi connectivity index (χ0n) is 9.33. The molecule has 86 valence electrons. The summed E-state index contributed by atoms with van der Waals surface area (Å²) in [5.41, 5.74) is 1.40. The van der Waals surface area contributed by atoms with Crippen LogP contribution in [0, 0.1) is 11.3 Å². The number of nitriles is 1. The molecule has 4 nitrogen and oxygen atoms in total. The number of hydrogen-bond acceptors (Lipinski definition) is 4. The zero-order chi connectivity index (χ0) is 11.7. The first-order valence-electron chi connectivity index (χ1n) is 5.75. The molecule has 0 saturated carbocycles. The Kier molecular flexibility index (Phi) is 2.73. The van der Waals surface area contributed by atoms with Gasteiger partial charge in [0, 0.05) is 12.3 Å². The summed E-state index contributed by atoms with van der Waals surface area (Å²) in [4.78, 5) is 0. The van der Waals surface area contributed by atoms with Crippen molar-refractivity contribution in [2.45, 2.75) is 24.5 Å². The monoisotopic (exact) mass is 244 g/mol. The van der Waals surface area contributed by atoms with Crippen LogP contribution in [0.3, 0.4) is 0 Å². The summed E-state index contributed by atoms with van der Waals surface area (Å²) < 4.78 is 2.00. The fourth-order valence-corrected chi connectivity index (χ4v) is 3.44. The topological polar surface area (TPSA) is 54.0 Å². The predicted octanol–water partition coefficient (Wildman–Crippen LogP) is 2.56. The fourth-order valence-electron chi connectivity index (χ4n) is 2.14. The smallest absolute Gasteiger partial charge is 0.162 e. The van der Waals surface area contributed by atoms with Crippen molar-refractivity contribution in [3.8, 4) is 6.07 Å². The van der Waals surface area contributed by atoms with Gasteiger partial charge in [0.25, 0.3) is 0 Å². The van der Waals surface area contributed by atoms with Gasteiger partial charge in [-0.05, 0) is 24.7 Å². The largest absolute Gasteiger partial charge is 0.285 e. The molecule has 1 saturated heterocycles. The number of rotatable bonds is 1. The lowest BCUT2D eigenvalue weighted by Gasteiger charge is -2.19. The van der Waals surface area contributed by atoms with E-state index in [4.69, 9.17) is 5.26 Å². The van der Waals surface area contributed by atoms with Crippen molar-refractivity contribution in [2.24, 2.45) is 0 Å². The zero-order valence-corrected chi connectivity index (χ0v) is 10.2. The van der Waals surface area contributed by atoms with Gasteiger partial charge in [-0.15, -0.1) is 10.2 Å². The Labute approximate surface area is 104 Å². The standard InChI is InChI=1S/C12H12N4S/c13-8-9-4-5-16-11(7-9)14-15-12(16)10-3-1-2-6-17-10/h4-5,7,10H,1-3,6H2. The third-order valence-corrected chi connectivity index (χ3v) is 4.41. The summed E-state index contributed by atoms with van der Waals surface area (Å²) in [6.07, 6.45) is 5.64. The molecule has 3 heterocycles. The number of aromatic nitrogens is 3. The Bertz CT molecular complexity index is 578. The van der Waals surface area contributed by atoms with Crippen molar-refractivity contribution < 1.29 is 0 Å². The second-order valence-electron chi connectivity index (χ2n) is 4.17. The number of nitrogens with zero attached hydrogens (tertiary/aromatic N) is 4. The van der Waals surface area contributed by atoms with E-state index in [1.165, 1.54) is 25.0 Å². The molecule has 0 aromatic carbocycles. The van der Waals surface area contributed by atoms with Crippen LogP contribution in [0.5, 0.6) is 0 Å². The van der Waals surface area contributed by atoms with E-state index in [9.17, 15) is 0 Å². The average molecular weight is 244 g/mol. The van der Waals surface area contributed by atoms with Crippen LogP contribution in [0.25, 0.3) is 5.65 Å². The van der Waals surface area contributed by atoms with Crippen LogP contribution in [0.4, 0.5) is 0 Å². The van der Waals surface area contributed by atoms with Gasteiger partial charge in [0.2, 0.25) is 0 Å². The molecule has 0 N–H and O–H groups in total. The van der Waals surface area contributed by atoms with E-state index >= 15 is 0 Å². The van der Waals surface area contributed by atoms with E-state index in [1.807, 2.05) is 28.4 Å². The molecule has 1 aliphatic rings. The van der Waals surface area contributed by atoms with Crippen LogP contribution >= 0.6 is 11.8 Å². The van der Waals surface area contributed by atoms with E-state index in [-0.39, 0.29) is 0 Å². The normalized spacial score (nSPS) is 20.3. The van der Waals surface area contributed by atoms with Gasteiger partial charge in [-0.3, -0.25) is 4.40 Å². The highest BCUT2D eigenvalue weighted by molar-refractivity contribution is 7.99. The van der Waals surface area contributed by atoms with Gasteiger partial charge in [0.05, 0.1) is 16.9 Å². The molecule has 0 radical (unpaired) electrons. The van der Waals surface area contributed by atoms with E-state index in [0.29, 0.717) is 10.8 Å². The highest BCUT2D eigenvalue weighted by Gasteiger charge is 2.21. The van der Waals surface area contributed by atoms with E-state index in [2.05, 4.69) is 16.3 Å². The minimum absolute atomic E-state index is 0.451. The molecule has 1 unspecified atom stereocenters. The summed E-state index contributed by atoms with van der Waals surface area (Å²) in [5.74, 6) is 2.23. The second-order valence-corrected chi connectivity index (χ2v) is 5.48. The van der Waals surface area contributed by atoms with E-state index in [0.717, 1.165) is 11.5 Å². The lowest BCUT2D eigenvalue weighted by Crippen LogP contribution is -2.06. The molecular formula is C12H12N4S. The Balaban J connectivity index is 2.03. The quantitative estimate of drug-likeness (QED) is 0.773. The number of pyridine rings is 1. The summed E-state index contributed by atoms with van der Waals surface area (Å²) in [6.45, 7) is 0. The van der Waals surface area contributed by atoms with Crippen LogP contribution in [-0.4, -0.2) is 20.4 Å². The SMILES string of the molecule is N#Cc1ccn2c(C3CCCCS3)nnc2c1. The van der Waals surface area contributed by atoms with E-state index < -0.39 is 0 Å². The van der Waals surface area contributed by atoms with Gasteiger partial charge in [-0.25, -0.2) is 0 Å². The van der Waals surface area contributed by atoms with Crippen LogP contribution in [0.2, 0.25) is 0 Å². The third kappa shape index (κ3) is 1.89. The Morgan fingerprint density at radius 3 is 3.12 bits per heavy atom. The molecule has 1 aliphatic heterocycles. The molecule has 0 amide bonds. The highest BCUT2D eigenvalue weighted by atomic mass is 32.2. The van der Waals surface area contributed by atoms with Crippen LogP contribution in [-0.2, 0) is 0 Å². The molecule has 0 bridgehead atoms. The molecule has 2 aromatic heterocycles. The fraction of sp³-hybridized carbons (Fsp3) is 0.417. The lowest BCUT2D eigenvalue weighted by atomic mass is 10.2. The van der Waals surface area contributed by atoms with Gasteiger partial charge in [-0.1, -0.05) is 6.42 Å². The van der Waals surface area contributed by atoms with Gasteiger partial charge in [0.15, 0.2) is 11.5 Å². The Hall–Kier alpha value is -1.54. The van der Waals surface area contributed by atoms with Crippen molar-refractivity contribution in [1.29, 1.82) is 5.26 Å². The summed E-state index contributed by atoms with van der Waals surface area (Å²) >= 11 is 1.96. The maximum Gasteiger partial charge on any atom is 0.162 e. The third-order valence-electron chi connectivity index (χ3n) is 3.03. The molecule has 5 heteroatoms. The first-order valence-corrected chi connectivity index (χ1v) is 6.80. The number of thioether (sulfide) groups is 1. The summed E-state index contributed by atoms with van der Waals surface area (Å²) in [6, 6.07) is 5.72. The van der Waals surface area contributed by atoms with Gasteiger partial charge in [-0.2, -0.15) is 17.0 Å². The van der Waals surface area contributed by atoms with Crippen molar-refractivity contribution >= 4 is 17.4 Å². The van der Waals surface area contributed by atoms with Crippen molar-refractivity contribution in [1.82, 2.24) is 14.6 Å². The van der Waals surface area contributed by atoms with Gasteiger partial charge >= 0.3 is 0 Å². The first kappa shape index (κ1) is 10.6. The Morgan fingerprint density at radius 1 is 1.41 bits per heavy atom. The van der Waals surface area contributed by atoms with Crippen molar-refractivity contribution in [3.63, 3.8) is 0 Å². The molecule has 2 aromatic rings. The van der Waals surface area contributed by atoms with Gasteiger partial charge < -0.3 is 0 Å². The average Bonchev–Trinajstić information content (AvgIpc) is 2.82. The molecule has 0 spiro atoms. The number of fused-ring (bicyclic) bond motifs is 1. The first-order chi connectivity index (χ1) is 8.38. The molecule has 1 atom stereocenters. The minimum Gasteiger partial charge on any atom is -0.285 e. The minimum atomic E-state index is 0.451. The lowest BCUT2D eigenvalue weighted by molar-refractivity contribution is 0.657. The second kappa shape index (κ2) is 4.38. The summed E-state index contributed by atoms with van der Waals surface area (Å²) in [7, 11) is 0. The van der Waals surface area contributed by atoms with Crippen molar-refractivity contribution in [2.75, 3.05) is 5.75 Å². The molecular weight excluding hydrogens is 232 g/mol. The van der Waals surface area contributed by atoms with Gasteiger partial charge in [0.1, 0.15) is 0 Å². The number of hydrogen-bond donors (Lipinski definition) is 0. The molecule has 1 fully saturated rings. The molecule has 0 aliphatic carbocycles. The van der Waals surface area contributed by atoms with Crippen LogP contribution < -0.4 is 0 Å². The predicted molar refractivity (Wildman–Crippen MR) is 66.8 cm³/mol. The molecule has 3 rings (SSSR count). The van der Waals surface area contributed by atoms with Crippen LogP contribution in [0.1, 0.15) is 35.9 Å². The summed E-state index contributed by atoms with van der Waals surface area (Å²) in [5, 5.41) is 17.7.